The summed E-state index contributed by atoms with van der Waals surface area (Å²) in [4.78, 5) is 29.3. The second-order valence-electron chi connectivity index (χ2n) is 6.81. The van der Waals surface area contributed by atoms with Crippen molar-refractivity contribution >= 4 is 68.7 Å². The molecule has 1 fully saturated rings. The van der Waals surface area contributed by atoms with Crippen LogP contribution in [0.15, 0.2) is 62.8 Å². The molecule has 2 amide bonds. The molecule has 0 spiro atoms. The summed E-state index contributed by atoms with van der Waals surface area (Å²) in [5.41, 5.74) is 2.77. The van der Waals surface area contributed by atoms with E-state index < -0.39 is 0 Å². The van der Waals surface area contributed by atoms with E-state index in [-0.39, 0.29) is 17.6 Å². The summed E-state index contributed by atoms with van der Waals surface area (Å²) in [7, 11) is 1.61. The number of hydrogen-bond acceptors (Lipinski definition) is 9. The summed E-state index contributed by atoms with van der Waals surface area (Å²) >= 11 is 3.77. The van der Waals surface area contributed by atoms with Crippen LogP contribution in [0.3, 0.4) is 0 Å². The average Bonchev–Trinajstić information content (AvgIpc) is 3.40. The van der Waals surface area contributed by atoms with Gasteiger partial charge in [-0.05, 0) is 54.6 Å². The zero-order chi connectivity index (χ0) is 23.2. The Morgan fingerprint density at radius 2 is 1.94 bits per heavy atom. The highest BCUT2D eigenvalue weighted by atomic mass is 32.2. The number of aliphatic imine (C=N–C) groups is 1. The number of ether oxygens (including phenoxy) is 1. The number of hydrogen-bond donors (Lipinski definition) is 2. The highest BCUT2D eigenvalue weighted by Crippen LogP contribution is 2.31. The fourth-order valence-corrected chi connectivity index (χ4v) is 5.08. The molecule has 1 aromatic heterocycles. The average molecular weight is 498 g/mol. The normalized spacial score (nSPS) is 15.6. The molecule has 11 heteroatoms. The minimum absolute atomic E-state index is 0.126. The number of benzene rings is 2. The molecule has 0 aliphatic carbocycles. The van der Waals surface area contributed by atoms with Gasteiger partial charge in [0.2, 0.25) is 11.0 Å². The van der Waals surface area contributed by atoms with Crippen LogP contribution in [0.1, 0.15) is 11.1 Å². The van der Waals surface area contributed by atoms with Crippen LogP contribution in [0.4, 0.5) is 10.8 Å². The molecular formula is C22H19N5O3S3. The Bertz CT molecular complexity index is 1220. The fourth-order valence-electron chi connectivity index (χ4n) is 2.69. The Balaban J connectivity index is 1.33. The van der Waals surface area contributed by atoms with Crippen molar-refractivity contribution in [2.24, 2.45) is 4.99 Å². The number of anilines is 1. The number of methoxy groups -OCH3 is 1. The zero-order valence-corrected chi connectivity index (χ0v) is 20.1. The van der Waals surface area contributed by atoms with E-state index in [0.29, 0.717) is 19.5 Å². The molecular weight excluding hydrogens is 478 g/mol. The van der Waals surface area contributed by atoms with Gasteiger partial charge in [-0.1, -0.05) is 52.9 Å². The molecule has 0 radical (unpaired) electrons. The van der Waals surface area contributed by atoms with Crippen molar-refractivity contribution in [3.63, 3.8) is 0 Å². The predicted molar refractivity (Wildman–Crippen MR) is 134 cm³/mol. The molecule has 1 saturated heterocycles. The van der Waals surface area contributed by atoms with Crippen LogP contribution in [0.5, 0.6) is 5.75 Å². The molecule has 0 saturated carbocycles. The molecule has 1 aliphatic rings. The number of aryl methyl sites for hydroxylation is 1. The third-order valence-electron chi connectivity index (χ3n) is 4.32. The van der Waals surface area contributed by atoms with E-state index in [1.54, 1.807) is 13.2 Å². The number of thioether (sulfide) groups is 2. The Morgan fingerprint density at radius 3 is 2.67 bits per heavy atom. The maximum atomic E-state index is 12.3. The van der Waals surface area contributed by atoms with Gasteiger partial charge in [-0.2, -0.15) is 4.99 Å². The Morgan fingerprint density at radius 1 is 1.18 bits per heavy atom. The van der Waals surface area contributed by atoms with Crippen LogP contribution in [0.25, 0.3) is 6.08 Å². The number of nitrogens with zero attached hydrogens (tertiary/aromatic N) is 3. The molecule has 168 valence electrons. The maximum Gasteiger partial charge on any atom is 0.264 e. The first kappa shape index (κ1) is 23.0. The molecule has 1 aliphatic heterocycles. The van der Waals surface area contributed by atoms with E-state index in [2.05, 4.69) is 25.8 Å². The molecule has 33 heavy (non-hydrogen) atoms. The Hall–Kier alpha value is -3.15. The molecule has 0 unspecified atom stereocenters. The molecule has 0 bridgehead atoms. The van der Waals surface area contributed by atoms with Gasteiger partial charge in [-0.3, -0.25) is 9.59 Å². The van der Waals surface area contributed by atoms with Gasteiger partial charge in [0.25, 0.3) is 5.91 Å². The minimum Gasteiger partial charge on any atom is -0.497 e. The maximum absolute atomic E-state index is 12.3. The molecule has 4 rings (SSSR count). The summed E-state index contributed by atoms with van der Waals surface area (Å²) in [6, 6.07) is 15.0. The van der Waals surface area contributed by atoms with E-state index in [9.17, 15) is 9.59 Å². The number of aromatic nitrogens is 2. The number of carbonyl (C=O) groups excluding carboxylic acids is 2. The van der Waals surface area contributed by atoms with Crippen LogP contribution in [-0.4, -0.2) is 40.0 Å². The highest BCUT2D eigenvalue weighted by Gasteiger charge is 2.24. The second-order valence-corrected chi connectivity index (χ2v) is 10.0. The molecule has 2 N–H and O–H groups in total. The van der Waals surface area contributed by atoms with Gasteiger partial charge in [0.15, 0.2) is 9.51 Å². The van der Waals surface area contributed by atoms with Gasteiger partial charge in [0, 0.05) is 5.69 Å². The lowest BCUT2D eigenvalue weighted by Gasteiger charge is -2.04. The van der Waals surface area contributed by atoms with Crippen LogP contribution in [0.2, 0.25) is 0 Å². The third kappa shape index (κ3) is 6.44. The molecule has 3 aromatic rings. The first-order valence-corrected chi connectivity index (χ1v) is 12.4. The SMILES string of the molecule is COc1ccc(/C=C2\S/C(=N/c3nnc(SCC(=O)Nc4ccc(C)cc4)s3)NC2=O)cc1. The van der Waals surface area contributed by atoms with E-state index in [0.717, 1.165) is 22.6 Å². The summed E-state index contributed by atoms with van der Waals surface area (Å²) < 4.78 is 5.77. The Labute approximate surface area is 202 Å². The van der Waals surface area contributed by atoms with Crippen LogP contribution < -0.4 is 15.4 Å². The molecule has 2 aromatic carbocycles. The van der Waals surface area contributed by atoms with Gasteiger partial charge in [0.1, 0.15) is 5.75 Å². The number of amides is 2. The van der Waals surface area contributed by atoms with Gasteiger partial charge in [-0.25, -0.2) is 0 Å². The van der Waals surface area contributed by atoms with E-state index in [4.69, 9.17) is 4.74 Å². The highest BCUT2D eigenvalue weighted by molar-refractivity contribution is 8.18. The minimum atomic E-state index is -0.221. The third-order valence-corrected chi connectivity index (χ3v) is 7.18. The quantitative estimate of drug-likeness (QED) is 0.366. The van der Waals surface area contributed by atoms with Crippen molar-refractivity contribution in [2.75, 3.05) is 18.2 Å². The van der Waals surface area contributed by atoms with Gasteiger partial charge in [0.05, 0.1) is 17.8 Å². The number of rotatable bonds is 7. The first-order valence-electron chi connectivity index (χ1n) is 9.75. The van der Waals surface area contributed by atoms with Crippen molar-refractivity contribution in [3.8, 4) is 5.75 Å². The largest absolute Gasteiger partial charge is 0.497 e. The van der Waals surface area contributed by atoms with Crippen LogP contribution >= 0.6 is 34.9 Å². The second kappa shape index (κ2) is 10.6. The van der Waals surface area contributed by atoms with Crippen LogP contribution in [-0.2, 0) is 9.59 Å². The summed E-state index contributed by atoms with van der Waals surface area (Å²) in [5.74, 6) is 0.611. The van der Waals surface area contributed by atoms with E-state index in [1.165, 1.54) is 34.9 Å². The summed E-state index contributed by atoms with van der Waals surface area (Å²) in [5, 5.41) is 14.5. The van der Waals surface area contributed by atoms with E-state index in [1.807, 2.05) is 55.5 Å². The lowest BCUT2D eigenvalue weighted by molar-refractivity contribution is -0.115. The van der Waals surface area contributed by atoms with Gasteiger partial charge >= 0.3 is 0 Å². The van der Waals surface area contributed by atoms with Crippen molar-refractivity contribution < 1.29 is 14.3 Å². The number of carbonyl (C=O) groups is 2. The fraction of sp³-hybridized carbons (Fsp3) is 0.136. The van der Waals surface area contributed by atoms with Gasteiger partial charge in [-0.15, -0.1) is 10.2 Å². The van der Waals surface area contributed by atoms with Crippen molar-refractivity contribution in [3.05, 3.63) is 64.6 Å². The van der Waals surface area contributed by atoms with Crippen molar-refractivity contribution in [2.45, 2.75) is 11.3 Å². The lowest BCUT2D eigenvalue weighted by atomic mass is 10.2. The molecule has 0 atom stereocenters. The smallest absolute Gasteiger partial charge is 0.264 e. The number of amidine groups is 1. The standard InChI is InChI=1S/C22H19N5O3S3/c1-13-3-7-15(8-4-13)23-18(28)12-31-22-27-26-21(33-22)25-20-24-19(29)17(32-20)11-14-5-9-16(30-2)10-6-14/h3-11H,12H2,1-2H3,(H,23,28)(H,24,25,26,29)/b17-11-. The van der Waals surface area contributed by atoms with Crippen LogP contribution in [0, 0.1) is 6.92 Å². The summed E-state index contributed by atoms with van der Waals surface area (Å²) in [6.45, 7) is 1.99. The molecule has 2 heterocycles. The lowest BCUT2D eigenvalue weighted by Crippen LogP contribution is -2.19. The molecule has 8 nitrogen and oxygen atoms in total. The monoisotopic (exact) mass is 497 g/mol. The number of nitrogens with one attached hydrogen (secondary N) is 2. The zero-order valence-electron chi connectivity index (χ0n) is 17.7. The van der Waals surface area contributed by atoms with E-state index >= 15 is 0 Å². The van der Waals surface area contributed by atoms with Crippen molar-refractivity contribution in [1.82, 2.24) is 15.5 Å². The topological polar surface area (TPSA) is 106 Å². The summed E-state index contributed by atoms with van der Waals surface area (Å²) in [6.07, 6.45) is 1.79. The predicted octanol–water partition coefficient (Wildman–Crippen LogP) is 4.48. The van der Waals surface area contributed by atoms with Gasteiger partial charge < -0.3 is 15.4 Å². The Kier molecular flexibility index (Phi) is 7.43. The van der Waals surface area contributed by atoms with Crippen molar-refractivity contribution in [1.29, 1.82) is 0 Å². The first-order chi connectivity index (χ1) is 16.0.